The second-order valence-electron chi connectivity index (χ2n) is 10.6. The number of hydrogen-bond donors (Lipinski definition) is 0. The van der Waals surface area contributed by atoms with Gasteiger partial charge in [0.15, 0.2) is 0 Å². The Labute approximate surface area is 179 Å². The first-order chi connectivity index (χ1) is 13.2. The van der Waals surface area contributed by atoms with Gasteiger partial charge in [0.1, 0.15) is 0 Å². The predicted octanol–water partition coefficient (Wildman–Crippen LogP) is 5.79. The Kier molecular flexibility index (Phi) is 16.6. The molecule has 0 rings (SSSR count). The molecule has 0 amide bonds. The molecule has 0 aromatic carbocycles. The summed E-state index contributed by atoms with van der Waals surface area (Å²) in [5, 5.41) is 0. The summed E-state index contributed by atoms with van der Waals surface area (Å²) in [5.74, 6) is 0. The van der Waals surface area contributed by atoms with Crippen LogP contribution in [0.1, 0.15) is 90.9 Å². The molecule has 0 N–H and O–H groups in total. The van der Waals surface area contributed by atoms with Gasteiger partial charge in [-0.05, 0) is 32.7 Å². The van der Waals surface area contributed by atoms with E-state index in [1.54, 1.807) is 0 Å². The van der Waals surface area contributed by atoms with Gasteiger partial charge in [-0.1, -0.05) is 65.2 Å². The molecule has 0 bridgehead atoms. The van der Waals surface area contributed by atoms with Gasteiger partial charge in [0, 0.05) is 13.1 Å². The highest BCUT2D eigenvalue weighted by Crippen LogP contribution is 2.10. The fourth-order valence-corrected chi connectivity index (χ4v) is 3.86. The number of unbranched alkanes of at least 4 members (excludes halogenated alkanes) is 10. The Bertz CT molecular complexity index is 307. The van der Waals surface area contributed by atoms with Crippen LogP contribution in [0.5, 0.6) is 0 Å². The first-order valence-electron chi connectivity index (χ1n) is 12.5. The van der Waals surface area contributed by atoms with Gasteiger partial charge in [-0.3, -0.25) is 4.90 Å². The molecule has 0 aliphatic carbocycles. The van der Waals surface area contributed by atoms with Crippen LogP contribution in [0, 0.1) is 0 Å². The highest BCUT2D eigenvalue weighted by Gasteiger charge is 2.18. The van der Waals surface area contributed by atoms with Gasteiger partial charge in [0.2, 0.25) is 0 Å². The van der Waals surface area contributed by atoms with E-state index in [1.807, 2.05) is 0 Å². The van der Waals surface area contributed by atoms with Crippen molar-refractivity contribution >= 4 is 0 Å². The van der Waals surface area contributed by atoms with E-state index in [1.165, 1.54) is 125 Å². The zero-order valence-corrected chi connectivity index (χ0v) is 21.1. The lowest BCUT2D eigenvalue weighted by Crippen LogP contribution is -2.48. The molecule has 3 heteroatoms. The van der Waals surface area contributed by atoms with Crippen molar-refractivity contribution in [2.24, 2.45) is 0 Å². The molecule has 0 aliphatic heterocycles. The lowest BCUT2D eigenvalue weighted by Gasteiger charge is -2.34. The maximum Gasteiger partial charge on any atom is 0.0911 e. The summed E-state index contributed by atoms with van der Waals surface area (Å²) >= 11 is 0. The smallest absolute Gasteiger partial charge is 0.0911 e. The summed E-state index contributed by atoms with van der Waals surface area (Å²) in [6.45, 7) is 12.3. The SMILES string of the molecule is CCCCCCCC[N+](C)(C)CCN(C)CC[N+](C)(C)CCCCCCCC. The number of nitrogens with zero attached hydrogens (tertiary/aromatic N) is 3. The summed E-state index contributed by atoms with van der Waals surface area (Å²) in [6.07, 6.45) is 16.9. The van der Waals surface area contributed by atoms with Gasteiger partial charge < -0.3 is 8.97 Å². The average molecular weight is 400 g/mol. The van der Waals surface area contributed by atoms with Gasteiger partial charge in [0.05, 0.1) is 54.4 Å². The van der Waals surface area contributed by atoms with E-state index in [2.05, 4.69) is 54.0 Å². The summed E-state index contributed by atoms with van der Waals surface area (Å²) < 4.78 is 2.35. The molecule has 0 spiro atoms. The highest BCUT2D eigenvalue weighted by molar-refractivity contribution is 4.52. The van der Waals surface area contributed by atoms with Gasteiger partial charge in [0.25, 0.3) is 0 Å². The maximum atomic E-state index is 2.56. The Morgan fingerprint density at radius 2 is 0.786 bits per heavy atom. The monoisotopic (exact) mass is 399 g/mol. The van der Waals surface area contributed by atoms with Crippen LogP contribution in [0.4, 0.5) is 0 Å². The van der Waals surface area contributed by atoms with Crippen molar-refractivity contribution in [2.75, 3.05) is 74.5 Å². The van der Waals surface area contributed by atoms with Crippen LogP contribution in [0.25, 0.3) is 0 Å². The summed E-state index contributed by atoms with van der Waals surface area (Å²) in [7, 11) is 12.0. The van der Waals surface area contributed by atoms with Gasteiger partial charge >= 0.3 is 0 Å². The molecular formula is C25H57N3+2. The van der Waals surface area contributed by atoms with Crippen molar-refractivity contribution in [1.29, 1.82) is 0 Å². The highest BCUT2D eigenvalue weighted by atomic mass is 15.3. The van der Waals surface area contributed by atoms with Crippen LogP contribution in [-0.4, -0.2) is 88.4 Å². The minimum atomic E-state index is 1.17. The van der Waals surface area contributed by atoms with Crippen molar-refractivity contribution < 1.29 is 8.97 Å². The largest absolute Gasteiger partial charge is 0.327 e. The molecule has 0 heterocycles. The Hall–Kier alpha value is -0.120. The second-order valence-corrected chi connectivity index (χ2v) is 10.6. The third-order valence-corrected chi connectivity index (χ3v) is 6.41. The van der Waals surface area contributed by atoms with Gasteiger partial charge in [-0.25, -0.2) is 0 Å². The number of likely N-dealkylation sites (N-methyl/N-ethyl adjacent to an activating group) is 3. The van der Waals surface area contributed by atoms with Crippen molar-refractivity contribution in [1.82, 2.24) is 4.90 Å². The molecule has 0 atom stereocenters. The minimum Gasteiger partial charge on any atom is -0.327 e. The molecule has 0 radical (unpaired) electrons. The zero-order valence-electron chi connectivity index (χ0n) is 21.1. The van der Waals surface area contributed by atoms with E-state index >= 15 is 0 Å². The van der Waals surface area contributed by atoms with Crippen LogP contribution in [-0.2, 0) is 0 Å². The quantitative estimate of drug-likeness (QED) is 0.185. The minimum absolute atomic E-state index is 1.17. The fourth-order valence-electron chi connectivity index (χ4n) is 3.86. The first-order valence-corrected chi connectivity index (χ1v) is 12.5. The van der Waals surface area contributed by atoms with Crippen molar-refractivity contribution in [3.63, 3.8) is 0 Å². The first kappa shape index (κ1) is 27.9. The summed E-state index contributed by atoms with van der Waals surface area (Å²) in [6, 6.07) is 0. The van der Waals surface area contributed by atoms with Crippen molar-refractivity contribution in [3.8, 4) is 0 Å². The lowest BCUT2D eigenvalue weighted by atomic mass is 10.1. The third-order valence-electron chi connectivity index (χ3n) is 6.41. The molecule has 3 nitrogen and oxygen atoms in total. The van der Waals surface area contributed by atoms with E-state index in [0.717, 1.165) is 0 Å². The van der Waals surface area contributed by atoms with Crippen LogP contribution >= 0.6 is 0 Å². The average Bonchev–Trinajstić information content (AvgIpc) is 2.64. The molecule has 0 saturated heterocycles. The number of hydrogen-bond acceptors (Lipinski definition) is 1. The molecule has 0 saturated carbocycles. The zero-order chi connectivity index (χ0) is 21.3. The normalized spacial score (nSPS) is 12.9. The van der Waals surface area contributed by atoms with Crippen LogP contribution < -0.4 is 0 Å². The number of rotatable bonds is 20. The van der Waals surface area contributed by atoms with E-state index < -0.39 is 0 Å². The van der Waals surface area contributed by atoms with Gasteiger partial charge in [-0.15, -0.1) is 0 Å². The van der Waals surface area contributed by atoms with Crippen molar-refractivity contribution in [3.05, 3.63) is 0 Å². The van der Waals surface area contributed by atoms with Gasteiger partial charge in [-0.2, -0.15) is 0 Å². The summed E-state index contributed by atoms with van der Waals surface area (Å²) in [5.41, 5.74) is 0. The van der Waals surface area contributed by atoms with Crippen molar-refractivity contribution in [2.45, 2.75) is 90.9 Å². The second kappa shape index (κ2) is 16.7. The van der Waals surface area contributed by atoms with Crippen LogP contribution in [0.3, 0.4) is 0 Å². The molecule has 28 heavy (non-hydrogen) atoms. The lowest BCUT2D eigenvalue weighted by molar-refractivity contribution is -0.892. The molecule has 0 aliphatic rings. The Morgan fingerprint density at radius 3 is 1.14 bits per heavy atom. The van der Waals surface area contributed by atoms with Crippen LogP contribution in [0.15, 0.2) is 0 Å². The number of quaternary nitrogens is 2. The molecule has 0 aromatic rings. The fraction of sp³-hybridized carbons (Fsp3) is 1.00. The Morgan fingerprint density at radius 1 is 0.464 bits per heavy atom. The maximum absolute atomic E-state index is 2.56. The van der Waals surface area contributed by atoms with E-state index in [4.69, 9.17) is 0 Å². The Balaban J connectivity index is 3.83. The molecule has 170 valence electrons. The molecular weight excluding hydrogens is 342 g/mol. The van der Waals surface area contributed by atoms with E-state index in [0.29, 0.717) is 0 Å². The van der Waals surface area contributed by atoms with Crippen LogP contribution in [0.2, 0.25) is 0 Å². The van der Waals surface area contributed by atoms with E-state index in [9.17, 15) is 0 Å². The topological polar surface area (TPSA) is 3.24 Å². The molecule has 0 aromatic heterocycles. The molecule has 0 fully saturated rings. The van der Waals surface area contributed by atoms with E-state index in [-0.39, 0.29) is 0 Å². The molecule has 0 unspecified atom stereocenters. The summed E-state index contributed by atoms with van der Waals surface area (Å²) in [4.78, 5) is 2.56. The standard InChI is InChI=1S/C25H57N3/c1-8-10-12-14-16-18-22-27(4,5)24-20-26(3)21-25-28(6,7)23-19-17-15-13-11-9-2/h8-25H2,1-7H3/q+2. The third kappa shape index (κ3) is 17.9. The predicted molar refractivity (Wildman–Crippen MR) is 128 cm³/mol.